The van der Waals surface area contributed by atoms with Crippen molar-refractivity contribution in [3.05, 3.63) is 59.4 Å². The van der Waals surface area contributed by atoms with E-state index in [1.165, 1.54) is 5.57 Å². The molecule has 3 rings (SSSR count). The Morgan fingerprint density at radius 2 is 2.33 bits per heavy atom. The highest BCUT2D eigenvalue weighted by atomic mass is 16.1. The van der Waals surface area contributed by atoms with Crippen molar-refractivity contribution in [3.63, 3.8) is 0 Å². The molecule has 1 aliphatic rings. The largest absolute Gasteiger partial charge is 0.352 e. The van der Waals surface area contributed by atoms with Crippen molar-refractivity contribution in [2.45, 2.75) is 12.8 Å². The minimum Gasteiger partial charge on any atom is -0.352 e. The second kappa shape index (κ2) is 7.42. The van der Waals surface area contributed by atoms with Crippen molar-refractivity contribution in [2.24, 2.45) is 4.99 Å². The number of carbonyl (C=O) groups is 1. The van der Waals surface area contributed by atoms with E-state index in [0.29, 0.717) is 17.7 Å². The zero-order valence-electron chi connectivity index (χ0n) is 13.3. The fourth-order valence-electron chi connectivity index (χ4n) is 2.56. The zero-order valence-corrected chi connectivity index (χ0v) is 13.3. The predicted molar refractivity (Wildman–Crippen MR) is 94.5 cm³/mol. The van der Waals surface area contributed by atoms with E-state index >= 15 is 0 Å². The molecule has 0 saturated heterocycles. The average molecular weight is 318 g/mol. The molecular weight excluding hydrogens is 300 g/mol. The van der Waals surface area contributed by atoms with Crippen molar-refractivity contribution >= 4 is 12.1 Å². The number of aromatic nitrogens is 2. The van der Waals surface area contributed by atoms with Gasteiger partial charge in [-0.25, -0.2) is 4.68 Å². The molecule has 120 valence electrons. The van der Waals surface area contributed by atoms with Gasteiger partial charge in [0.2, 0.25) is 0 Å². The van der Waals surface area contributed by atoms with Crippen LogP contribution in [0.4, 0.5) is 0 Å². The monoisotopic (exact) mass is 318 g/mol. The normalized spacial score (nSPS) is 12.7. The molecule has 2 heterocycles. The van der Waals surface area contributed by atoms with Crippen LogP contribution in [0.1, 0.15) is 28.8 Å². The molecule has 0 atom stereocenters. The van der Waals surface area contributed by atoms with Gasteiger partial charge >= 0.3 is 0 Å². The zero-order chi connectivity index (χ0) is 16.8. The quantitative estimate of drug-likeness (QED) is 0.656. The Labute approximate surface area is 141 Å². The van der Waals surface area contributed by atoms with E-state index in [1.54, 1.807) is 23.0 Å². The highest BCUT2D eigenvalue weighted by molar-refractivity contribution is 5.95. The third-order valence-electron chi connectivity index (χ3n) is 3.81. The number of allylic oxidation sites excluding steroid dienone is 1. The number of amides is 1. The Kier molecular flexibility index (Phi) is 4.87. The lowest BCUT2D eigenvalue weighted by Gasteiger charge is -2.09. The molecule has 0 saturated carbocycles. The van der Waals surface area contributed by atoms with E-state index in [9.17, 15) is 4.79 Å². The third kappa shape index (κ3) is 3.61. The number of hydrogen-bond donors (Lipinski definition) is 1. The lowest BCUT2D eigenvalue weighted by atomic mass is 10.1. The van der Waals surface area contributed by atoms with Gasteiger partial charge in [0, 0.05) is 30.7 Å². The summed E-state index contributed by atoms with van der Waals surface area (Å²) in [6.45, 7) is 1.40. The first kappa shape index (κ1) is 15.8. The summed E-state index contributed by atoms with van der Waals surface area (Å²) >= 11 is 0. The molecule has 0 radical (unpaired) electrons. The van der Waals surface area contributed by atoms with Crippen LogP contribution in [0.2, 0.25) is 0 Å². The molecule has 0 unspecified atom stereocenters. The maximum atomic E-state index is 12.3. The second-order valence-electron chi connectivity index (χ2n) is 5.46. The number of hydrogen-bond acceptors (Lipinski definition) is 3. The molecule has 0 fully saturated rings. The summed E-state index contributed by atoms with van der Waals surface area (Å²) in [5.74, 6) is 2.50. The Morgan fingerprint density at radius 3 is 3.04 bits per heavy atom. The van der Waals surface area contributed by atoms with Gasteiger partial charge in [0.25, 0.3) is 5.91 Å². The van der Waals surface area contributed by atoms with Gasteiger partial charge in [0.15, 0.2) is 0 Å². The topological polar surface area (TPSA) is 59.3 Å². The Balaban J connectivity index is 1.60. The molecule has 1 N–H and O–H groups in total. The molecule has 5 heteroatoms. The molecule has 0 spiro atoms. The third-order valence-corrected chi connectivity index (χ3v) is 3.81. The van der Waals surface area contributed by atoms with Crippen LogP contribution in [0.3, 0.4) is 0 Å². The molecule has 1 aromatic carbocycles. The first-order valence-electron chi connectivity index (χ1n) is 7.85. The fourth-order valence-corrected chi connectivity index (χ4v) is 2.56. The summed E-state index contributed by atoms with van der Waals surface area (Å²) in [6.07, 6.45) is 14.9. The van der Waals surface area contributed by atoms with E-state index in [2.05, 4.69) is 27.4 Å². The van der Waals surface area contributed by atoms with Crippen LogP contribution < -0.4 is 5.32 Å². The first-order chi connectivity index (χ1) is 11.8. The van der Waals surface area contributed by atoms with Crippen molar-refractivity contribution in [1.29, 1.82) is 0 Å². The Morgan fingerprint density at radius 1 is 1.42 bits per heavy atom. The minimum absolute atomic E-state index is 0.118. The standard InChI is InChI=1S/C19H18N4O/c1-2-16-13-17(6-7-18(16)23-12-4-10-22-23)19(24)21-9-3-5-15-8-11-20-14-15/h1,4,6-8,10,12-14H,3,5,9,11H2,(H,21,24). The smallest absolute Gasteiger partial charge is 0.251 e. The maximum absolute atomic E-state index is 12.3. The average Bonchev–Trinajstić information content (AvgIpc) is 3.31. The van der Waals surface area contributed by atoms with Crippen molar-refractivity contribution in [1.82, 2.24) is 15.1 Å². The van der Waals surface area contributed by atoms with Gasteiger partial charge in [0.05, 0.1) is 17.8 Å². The number of rotatable bonds is 6. The predicted octanol–water partition coefficient (Wildman–Crippen LogP) is 2.37. The van der Waals surface area contributed by atoms with Crippen LogP contribution in [0.25, 0.3) is 5.69 Å². The molecule has 2 aromatic rings. The summed E-state index contributed by atoms with van der Waals surface area (Å²) in [5.41, 5.74) is 3.22. The molecule has 5 nitrogen and oxygen atoms in total. The number of terminal acetylenes is 1. The molecular formula is C19H18N4O. The van der Waals surface area contributed by atoms with Crippen LogP contribution >= 0.6 is 0 Å². The molecule has 0 bridgehead atoms. The van der Waals surface area contributed by atoms with Crippen LogP contribution in [0.5, 0.6) is 0 Å². The van der Waals surface area contributed by atoms with E-state index < -0.39 is 0 Å². The van der Waals surface area contributed by atoms with Crippen LogP contribution in [-0.2, 0) is 0 Å². The number of nitrogens with zero attached hydrogens (tertiary/aromatic N) is 3. The molecule has 1 amide bonds. The van der Waals surface area contributed by atoms with Gasteiger partial charge in [-0.15, -0.1) is 6.42 Å². The van der Waals surface area contributed by atoms with Gasteiger partial charge in [-0.2, -0.15) is 5.10 Å². The maximum Gasteiger partial charge on any atom is 0.251 e. The van der Waals surface area contributed by atoms with Crippen LogP contribution in [0, 0.1) is 12.3 Å². The van der Waals surface area contributed by atoms with Gasteiger partial charge in [0.1, 0.15) is 0 Å². The van der Waals surface area contributed by atoms with Gasteiger partial charge in [-0.1, -0.05) is 12.0 Å². The summed E-state index contributed by atoms with van der Waals surface area (Å²) in [5, 5.41) is 7.10. The molecule has 1 aliphatic heterocycles. The van der Waals surface area contributed by atoms with Crippen molar-refractivity contribution < 1.29 is 4.79 Å². The van der Waals surface area contributed by atoms with E-state index in [1.807, 2.05) is 24.5 Å². The number of nitrogens with one attached hydrogen (secondary N) is 1. The summed E-state index contributed by atoms with van der Waals surface area (Å²) in [4.78, 5) is 16.4. The van der Waals surface area contributed by atoms with Crippen molar-refractivity contribution in [2.75, 3.05) is 13.1 Å². The lowest BCUT2D eigenvalue weighted by molar-refractivity contribution is 0.0953. The number of benzene rings is 1. The lowest BCUT2D eigenvalue weighted by Crippen LogP contribution is -2.24. The van der Waals surface area contributed by atoms with Gasteiger partial charge in [-0.05, 0) is 42.7 Å². The molecule has 0 aliphatic carbocycles. The van der Waals surface area contributed by atoms with Crippen LogP contribution in [-0.4, -0.2) is 35.0 Å². The summed E-state index contributed by atoms with van der Waals surface area (Å²) in [6, 6.07) is 7.13. The highest BCUT2D eigenvalue weighted by Gasteiger charge is 2.10. The minimum atomic E-state index is -0.118. The Bertz CT molecular complexity index is 826. The van der Waals surface area contributed by atoms with Crippen LogP contribution in [0.15, 0.2) is 53.3 Å². The number of aliphatic imine (C=N–C) groups is 1. The van der Waals surface area contributed by atoms with Gasteiger partial charge in [-0.3, -0.25) is 9.79 Å². The van der Waals surface area contributed by atoms with Gasteiger partial charge < -0.3 is 5.32 Å². The van der Waals surface area contributed by atoms with E-state index in [4.69, 9.17) is 6.42 Å². The molecule has 24 heavy (non-hydrogen) atoms. The number of carbonyl (C=O) groups excluding carboxylic acids is 1. The Hall–Kier alpha value is -3.13. The highest BCUT2D eigenvalue weighted by Crippen LogP contribution is 2.15. The second-order valence-corrected chi connectivity index (χ2v) is 5.46. The summed E-state index contributed by atoms with van der Waals surface area (Å²) < 4.78 is 1.69. The van der Waals surface area contributed by atoms with E-state index in [-0.39, 0.29) is 5.91 Å². The van der Waals surface area contributed by atoms with Crippen molar-refractivity contribution in [3.8, 4) is 18.0 Å². The molecule has 1 aromatic heterocycles. The van der Waals surface area contributed by atoms with E-state index in [0.717, 1.165) is 25.1 Å². The fraction of sp³-hybridized carbons (Fsp3) is 0.211. The first-order valence-corrected chi connectivity index (χ1v) is 7.85. The summed E-state index contributed by atoms with van der Waals surface area (Å²) in [7, 11) is 0. The SMILES string of the molecule is C#Cc1cc(C(=O)NCCCC2=CCN=C2)ccc1-n1cccn1.